The van der Waals surface area contributed by atoms with Crippen molar-refractivity contribution in [1.29, 1.82) is 0 Å². The quantitative estimate of drug-likeness (QED) is 0.854. The number of aromatic nitrogens is 2. The fraction of sp³-hybridized carbons (Fsp3) is 0.308. The van der Waals surface area contributed by atoms with Gasteiger partial charge in [0.05, 0.1) is 0 Å². The van der Waals surface area contributed by atoms with Crippen molar-refractivity contribution in [3.63, 3.8) is 0 Å². The fourth-order valence-electron chi connectivity index (χ4n) is 1.73. The first-order valence-electron chi connectivity index (χ1n) is 5.48. The average Bonchev–Trinajstić information content (AvgIpc) is 2.77. The topological polar surface area (TPSA) is 38.0 Å². The van der Waals surface area contributed by atoms with E-state index in [0.717, 1.165) is 12.1 Å². The van der Waals surface area contributed by atoms with Crippen molar-refractivity contribution in [2.45, 2.75) is 26.5 Å². The lowest BCUT2D eigenvalue weighted by molar-refractivity contribution is 0.205. The Balaban J connectivity index is 2.31. The number of hydrogen-bond acceptors (Lipinski definition) is 2. The molecule has 1 N–H and O–H groups in total. The molecule has 1 heterocycles. The van der Waals surface area contributed by atoms with E-state index in [0.29, 0.717) is 5.82 Å². The second-order valence-electron chi connectivity index (χ2n) is 3.88. The van der Waals surface area contributed by atoms with Crippen LogP contribution in [0.5, 0.6) is 0 Å². The monoisotopic (exact) mass is 216 g/mol. The maximum Gasteiger partial charge on any atom is 0.142 e. The number of imidazole rings is 1. The van der Waals surface area contributed by atoms with Crippen LogP contribution in [0.3, 0.4) is 0 Å². The summed E-state index contributed by atoms with van der Waals surface area (Å²) >= 11 is 0. The van der Waals surface area contributed by atoms with Crippen molar-refractivity contribution >= 4 is 0 Å². The number of benzene rings is 1. The largest absolute Gasteiger partial charge is 0.380 e. The molecule has 16 heavy (non-hydrogen) atoms. The van der Waals surface area contributed by atoms with E-state index in [1.807, 2.05) is 48.9 Å². The summed E-state index contributed by atoms with van der Waals surface area (Å²) in [6.07, 6.45) is 2.96. The van der Waals surface area contributed by atoms with E-state index in [2.05, 4.69) is 4.98 Å². The zero-order chi connectivity index (χ0) is 11.5. The van der Waals surface area contributed by atoms with Crippen LogP contribution < -0.4 is 0 Å². The molecule has 0 aliphatic carbocycles. The number of rotatable bonds is 3. The van der Waals surface area contributed by atoms with Crippen molar-refractivity contribution < 1.29 is 5.11 Å². The van der Waals surface area contributed by atoms with Crippen LogP contribution in [-0.4, -0.2) is 14.7 Å². The van der Waals surface area contributed by atoms with Crippen LogP contribution in [0.1, 0.15) is 30.0 Å². The van der Waals surface area contributed by atoms with E-state index in [4.69, 9.17) is 0 Å². The van der Waals surface area contributed by atoms with Gasteiger partial charge in [-0.1, -0.05) is 29.8 Å². The summed E-state index contributed by atoms with van der Waals surface area (Å²) < 4.78 is 1.95. The van der Waals surface area contributed by atoms with Gasteiger partial charge in [0.15, 0.2) is 0 Å². The predicted octanol–water partition coefficient (Wildman–Crippen LogP) is 2.29. The molecule has 3 nitrogen and oxygen atoms in total. The third-order valence-corrected chi connectivity index (χ3v) is 2.73. The summed E-state index contributed by atoms with van der Waals surface area (Å²) in [5.74, 6) is 0.700. The molecular weight excluding hydrogens is 200 g/mol. The van der Waals surface area contributed by atoms with Gasteiger partial charge in [0.1, 0.15) is 11.9 Å². The molecule has 0 spiro atoms. The van der Waals surface area contributed by atoms with E-state index >= 15 is 0 Å². The molecule has 0 bridgehead atoms. The SMILES string of the molecule is CCn1ccnc1[C@H](O)c1ccc(C)cc1. The summed E-state index contributed by atoms with van der Waals surface area (Å²) in [6.45, 7) is 4.88. The van der Waals surface area contributed by atoms with Gasteiger partial charge in [0.2, 0.25) is 0 Å². The Hall–Kier alpha value is -1.61. The minimum atomic E-state index is -0.643. The van der Waals surface area contributed by atoms with Gasteiger partial charge >= 0.3 is 0 Å². The molecule has 2 aromatic rings. The van der Waals surface area contributed by atoms with E-state index < -0.39 is 6.10 Å². The number of aryl methyl sites for hydroxylation is 2. The number of nitrogens with zero attached hydrogens (tertiary/aromatic N) is 2. The highest BCUT2D eigenvalue weighted by molar-refractivity contribution is 5.26. The summed E-state index contributed by atoms with van der Waals surface area (Å²) in [4.78, 5) is 4.20. The maximum atomic E-state index is 10.2. The molecule has 0 saturated carbocycles. The Morgan fingerprint density at radius 1 is 1.31 bits per heavy atom. The van der Waals surface area contributed by atoms with Crippen LogP contribution in [-0.2, 0) is 6.54 Å². The van der Waals surface area contributed by atoms with Gasteiger partial charge < -0.3 is 9.67 Å². The molecule has 2 rings (SSSR count). The molecule has 0 radical (unpaired) electrons. The summed E-state index contributed by atoms with van der Waals surface area (Å²) in [5, 5.41) is 10.2. The first-order valence-corrected chi connectivity index (χ1v) is 5.48. The number of aliphatic hydroxyl groups is 1. The molecule has 0 aliphatic rings. The molecule has 0 saturated heterocycles. The van der Waals surface area contributed by atoms with Gasteiger partial charge in [-0.15, -0.1) is 0 Å². The normalized spacial score (nSPS) is 12.7. The van der Waals surface area contributed by atoms with Crippen LogP contribution in [0, 0.1) is 6.92 Å². The fourth-order valence-corrected chi connectivity index (χ4v) is 1.73. The summed E-state index contributed by atoms with van der Waals surface area (Å²) in [5.41, 5.74) is 2.07. The van der Waals surface area contributed by atoms with Crippen LogP contribution in [0.15, 0.2) is 36.7 Å². The lowest BCUT2D eigenvalue weighted by Gasteiger charge is -2.12. The van der Waals surface area contributed by atoms with Gasteiger partial charge in [-0.2, -0.15) is 0 Å². The Morgan fingerprint density at radius 2 is 2.00 bits per heavy atom. The highest BCUT2D eigenvalue weighted by Gasteiger charge is 2.14. The van der Waals surface area contributed by atoms with Crippen LogP contribution in [0.4, 0.5) is 0 Å². The molecule has 0 amide bonds. The second-order valence-corrected chi connectivity index (χ2v) is 3.88. The van der Waals surface area contributed by atoms with E-state index in [1.165, 1.54) is 5.56 Å². The lowest BCUT2D eigenvalue weighted by Crippen LogP contribution is -2.08. The van der Waals surface area contributed by atoms with Crippen molar-refractivity contribution in [2.75, 3.05) is 0 Å². The van der Waals surface area contributed by atoms with Gasteiger partial charge in [-0.25, -0.2) is 4.98 Å². The van der Waals surface area contributed by atoms with Gasteiger partial charge in [-0.3, -0.25) is 0 Å². The Labute approximate surface area is 95.4 Å². The van der Waals surface area contributed by atoms with E-state index in [9.17, 15) is 5.11 Å². The van der Waals surface area contributed by atoms with Crippen LogP contribution in [0.25, 0.3) is 0 Å². The number of aliphatic hydroxyl groups excluding tert-OH is 1. The smallest absolute Gasteiger partial charge is 0.142 e. The third-order valence-electron chi connectivity index (χ3n) is 2.73. The Kier molecular flexibility index (Phi) is 3.06. The Morgan fingerprint density at radius 3 is 2.62 bits per heavy atom. The van der Waals surface area contributed by atoms with Gasteiger partial charge in [-0.05, 0) is 19.4 Å². The second kappa shape index (κ2) is 4.49. The summed E-state index contributed by atoms with van der Waals surface area (Å²) in [7, 11) is 0. The van der Waals surface area contributed by atoms with Crippen molar-refractivity contribution in [2.24, 2.45) is 0 Å². The lowest BCUT2D eigenvalue weighted by atomic mass is 10.1. The highest BCUT2D eigenvalue weighted by atomic mass is 16.3. The third kappa shape index (κ3) is 1.99. The molecule has 0 fully saturated rings. The molecular formula is C13H16N2O. The van der Waals surface area contributed by atoms with Gasteiger partial charge in [0, 0.05) is 18.9 Å². The molecule has 3 heteroatoms. The van der Waals surface area contributed by atoms with Crippen LogP contribution in [0.2, 0.25) is 0 Å². The van der Waals surface area contributed by atoms with Crippen molar-refractivity contribution in [1.82, 2.24) is 9.55 Å². The predicted molar refractivity (Wildman–Crippen MR) is 63.1 cm³/mol. The molecule has 1 aromatic carbocycles. The molecule has 0 unspecified atom stereocenters. The average molecular weight is 216 g/mol. The van der Waals surface area contributed by atoms with E-state index in [1.54, 1.807) is 6.20 Å². The summed E-state index contributed by atoms with van der Waals surface area (Å²) in [6, 6.07) is 7.87. The molecule has 84 valence electrons. The zero-order valence-electron chi connectivity index (χ0n) is 9.59. The molecule has 1 atom stereocenters. The van der Waals surface area contributed by atoms with Crippen LogP contribution >= 0.6 is 0 Å². The Bertz CT molecular complexity index is 459. The maximum absolute atomic E-state index is 10.2. The molecule has 1 aromatic heterocycles. The first-order chi connectivity index (χ1) is 7.72. The standard InChI is InChI=1S/C13H16N2O/c1-3-15-9-8-14-13(15)12(16)11-6-4-10(2)5-7-11/h4-9,12,16H,3H2,1-2H3/t12-/m1/s1. The molecule has 0 aliphatic heterocycles. The highest BCUT2D eigenvalue weighted by Crippen LogP contribution is 2.20. The minimum absolute atomic E-state index is 0.643. The first kappa shape index (κ1) is 10.9. The number of hydrogen-bond donors (Lipinski definition) is 1. The van der Waals surface area contributed by atoms with Crippen molar-refractivity contribution in [3.05, 3.63) is 53.6 Å². The van der Waals surface area contributed by atoms with E-state index in [-0.39, 0.29) is 0 Å². The van der Waals surface area contributed by atoms with Gasteiger partial charge in [0.25, 0.3) is 0 Å². The minimum Gasteiger partial charge on any atom is -0.380 e. The van der Waals surface area contributed by atoms with Crippen molar-refractivity contribution in [3.8, 4) is 0 Å². The zero-order valence-corrected chi connectivity index (χ0v) is 9.59.